The minimum absolute atomic E-state index is 0.181. The number of thioether (sulfide) groups is 1. The number of esters is 1. The summed E-state index contributed by atoms with van der Waals surface area (Å²) < 4.78 is 9.07. The molecular weight excluding hydrogens is 318 g/mol. The molecule has 0 aromatic rings. The lowest BCUT2D eigenvalue weighted by Crippen LogP contribution is -2.62. The summed E-state index contributed by atoms with van der Waals surface area (Å²) in [5.74, 6) is -2.29. The van der Waals surface area contributed by atoms with Crippen LogP contribution in [0, 0.1) is 11.8 Å². The zero-order valence-electron chi connectivity index (χ0n) is 13.4. The third-order valence-electron chi connectivity index (χ3n) is 4.59. The topological polar surface area (TPSA) is 72.9 Å². The van der Waals surface area contributed by atoms with Crippen LogP contribution < -0.4 is 0 Å². The molecule has 0 bridgehead atoms. The average molecular weight is 339 g/mol. The zero-order valence-corrected chi connectivity index (χ0v) is 14.2. The predicted molar refractivity (Wildman–Crippen MR) is 86.9 cm³/mol. The van der Waals surface area contributed by atoms with Gasteiger partial charge in [0.15, 0.2) is 0 Å². The van der Waals surface area contributed by atoms with Gasteiger partial charge >= 0.3 is 12.1 Å². The minimum atomic E-state index is -0.724. The maximum atomic E-state index is 12.9. The Labute approximate surface area is 139 Å². The molecule has 2 aliphatic rings. The highest BCUT2D eigenvalue weighted by atomic mass is 32.2. The van der Waals surface area contributed by atoms with E-state index in [9.17, 15) is 14.4 Å². The number of carbonyl (C=O) groups is 3. The van der Waals surface area contributed by atoms with E-state index < -0.39 is 34.6 Å². The second-order valence-corrected chi connectivity index (χ2v) is 6.67. The summed E-state index contributed by atoms with van der Waals surface area (Å²) in [5.41, 5.74) is 0.671. The van der Waals surface area contributed by atoms with E-state index >= 15 is 0 Å². The highest BCUT2D eigenvalue weighted by molar-refractivity contribution is 8.00. The summed E-state index contributed by atoms with van der Waals surface area (Å²) in [4.78, 5) is 37.8. The molecule has 0 N–H and O–H groups in total. The van der Waals surface area contributed by atoms with Crippen LogP contribution >= 0.6 is 11.8 Å². The van der Waals surface area contributed by atoms with Gasteiger partial charge in [-0.3, -0.25) is 9.59 Å². The molecule has 23 heavy (non-hydrogen) atoms. The Morgan fingerprint density at radius 1 is 1.57 bits per heavy atom. The van der Waals surface area contributed by atoms with Crippen molar-refractivity contribution < 1.29 is 23.9 Å². The molecule has 2 fully saturated rings. The van der Waals surface area contributed by atoms with E-state index in [1.165, 1.54) is 18.9 Å². The third kappa shape index (κ3) is 2.67. The fraction of sp³-hybridized carbons (Fsp3) is 0.562. The number of hydrogen-bond donors (Lipinski definition) is 0. The van der Waals surface area contributed by atoms with E-state index in [1.807, 2.05) is 6.26 Å². The highest BCUT2D eigenvalue weighted by Gasteiger charge is 2.64. The van der Waals surface area contributed by atoms with Gasteiger partial charge < -0.3 is 9.47 Å². The summed E-state index contributed by atoms with van der Waals surface area (Å²) in [7, 11) is 1.28. The smallest absolute Gasteiger partial charge is 0.416 e. The van der Waals surface area contributed by atoms with E-state index in [4.69, 9.17) is 9.47 Å². The molecule has 0 aromatic heterocycles. The van der Waals surface area contributed by atoms with Crippen LogP contribution in [0.4, 0.5) is 4.79 Å². The molecule has 3 atom stereocenters. The first-order chi connectivity index (χ1) is 10.9. The van der Waals surface area contributed by atoms with Crippen LogP contribution in [0.25, 0.3) is 0 Å². The van der Waals surface area contributed by atoms with E-state index in [0.717, 1.165) is 4.90 Å². The molecule has 1 aliphatic heterocycles. The van der Waals surface area contributed by atoms with Gasteiger partial charge in [-0.15, -0.1) is 6.58 Å². The van der Waals surface area contributed by atoms with Crippen LogP contribution in [0.15, 0.2) is 24.8 Å². The molecule has 2 amide bonds. The molecule has 0 aromatic carbocycles. The van der Waals surface area contributed by atoms with Crippen molar-refractivity contribution in [3.05, 3.63) is 24.8 Å². The third-order valence-corrected chi connectivity index (χ3v) is 6.04. The standard InChI is InChI=1S/C16H21NO5S/c1-5-6-7-16(23-4)10(2)11(14(19)21-3)12(16)13(18)17-8-9-22-15(17)20/h5,11-12H,1-2,6-9H2,3-4H3/t11-,12-,16+/m1/s1. The van der Waals surface area contributed by atoms with Gasteiger partial charge in [-0.1, -0.05) is 12.7 Å². The molecule has 0 radical (unpaired) electrons. The van der Waals surface area contributed by atoms with Crippen LogP contribution in [0.3, 0.4) is 0 Å². The molecule has 0 spiro atoms. The molecule has 126 valence electrons. The summed E-state index contributed by atoms with van der Waals surface area (Å²) in [6.07, 6.45) is 4.30. The Bertz CT molecular complexity index is 561. The fourth-order valence-electron chi connectivity index (χ4n) is 3.34. The van der Waals surface area contributed by atoms with Gasteiger partial charge in [-0.25, -0.2) is 9.69 Å². The largest absolute Gasteiger partial charge is 0.469 e. The van der Waals surface area contributed by atoms with Crippen molar-refractivity contribution in [2.24, 2.45) is 11.8 Å². The maximum Gasteiger partial charge on any atom is 0.416 e. The summed E-state index contributed by atoms with van der Waals surface area (Å²) in [6, 6.07) is 0. The van der Waals surface area contributed by atoms with Gasteiger partial charge in [-0.2, -0.15) is 11.8 Å². The lowest BCUT2D eigenvalue weighted by atomic mass is 9.58. The van der Waals surface area contributed by atoms with Crippen molar-refractivity contribution in [2.45, 2.75) is 17.6 Å². The van der Waals surface area contributed by atoms with Gasteiger partial charge in [0.25, 0.3) is 0 Å². The second kappa shape index (κ2) is 6.78. The molecule has 1 heterocycles. The van der Waals surface area contributed by atoms with Crippen LogP contribution in [-0.4, -0.2) is 54.1 Å². The highest BCUT2D eigenvalue weighted by Crippen LogP contribution is 2.59. The van der Waals surface area contributed by atoms with Gasteiger partial charge in [0, 0.05) is 0 Å². The van der Waals surface area contributed by atoms with E-state index in [-0.39, 0.29) is 13.2 Å². The van der Waals surface area contributed by atoms with Crippen LogP contribution in [0.2, 0.25) is 0 Å². The van der Waals surface area contributed by atoms with Crippen molar-refractivity contribution >= 4 is 29.7 Å². The number of hydrogen-bond acceptors (Lipinski definition) is 6. The Morgan fingerprint density at radius 3 is 2.74 bits per heavy atom. The maximum absolute atomic E-state index is 12.9. The number of amides is 2. The van der Waals surface area contributed by atoms with E-state index in [1.54, 1.807) is 6.08 Å². The molecule has 7 heteroatoms. The van der Waals surface area contributed by atoms with Gasteiger partial charge in [0.1, 0.15) is 6.61 Å². The monoisotopic (exact) mass is 339 g/mol. The number of rotatable bonds is 6. The Kier molecular flexibility index (Phi) is 5.19. The van der Waals surface area contributed by atoms with Crippen LogP contribution in [-0.2, 0) is 19.1 Å². The number of methoxy groups -OCH3 is 1. The first kappa shape index (κ1) is 17.6. The molecule has 1 saturated heterocycles. The van der Waals surface area contributed by atoms with Crippen LogP contribution in [0.1, 0.15) is 12.8 Å². The predicted octanol–water partition coefficient (Wildman–Crippen LogP) is 2.01. The lowest BCUT2D eigenvalue weighted by Gasteiger charge is -2.54. The summed E-state index contributed by atoms with van der Waals surface area (Å²) in [6.45, 7) is 8.12. The van der Waals surface area contributed by atoms with Gasteiger partial charge in [0.05, 0.1) is 30.2 Å². The Morgan fingerprint density at radius 2 is 2.26 bits per heavy atom. The molecular formula is C16H21NO5S. The van der Waals surface area contributed by atoms with E-state index in [2.05, 4.69) is 13.2 Å². The average Bonchev–Trinajstić information content (AvgIpc) is 2.98. The number of nitrogens with zero attached hydrogens (tertiary/aromatic N) is 1. The van der Waals surface area contributed by atoms with Gasteiger partial charge in [0.2, 0.25) is 5.91 Å². The quantitative estimate of drug-likeness (QED) is 0.544. The van der Waals surface area contributed by atoms with Crippen molar-refractivity contribution in [3.8, 4) is 0 Å². The first-order valence-corrected chi connectivity index (χ1v) is 8.58. The number of imide groups is 1. The number of ether oxygens (including phenoxy) is 2. The Hall–Kier alpha value is -1.76. The molecule has 0 unspecified atom stereocenters. The first-order valence-electron chi connectivity index (χ1n) is 7.35. The molecule has 2 rings (SSSR count). The number of cyclic esters (lactones) is 1. The lowest BCUT2D eigenvalue weighted by molar-refractivity contribution is -0.155. The summed E-state index contributed by atoms with van der Waals surface area (Å²) in [5, 5.41) is 0. The van der Waals surface area contributed by atoms with E-state index in [0.29, 0.717) is 18.4 Å². The fourth-order valence-corrected chi connectivity index (χ4v) is 4.54. The molecule has 6 nitrogen and oxygen atoms in total. The number of allylic oxidation sites excluding steroid dienone is 1. The molecule has 1 saturated carbocycles. The van der Waals surface area contributed by atoms with Crippen molar-refractivity contribution in [1.82, 2.24) is 4.90 Å². The minimum Gasteiger partial charge on any atom is -0.469 e. The van der Waals surface area contributed by atoms with Crippen molar-refractivity contribution in [2.75, 3.05) is 26.5 Å². The van der Waals surface area contributed by atoms with Gasteiger partial charge in [-0.05, 0) is 24.7 Å². The Balaban J connectivity index is 2.35. The van der Waals surface area contributed by atoms with Crippen molar-refractivity contribution in [1.29, 1.82) is 0 Å². The van der Waals surface area contributed by atoms with Crippen LogP contribution in [0.5, 0.6) is 0 Å². The second-order valence-electron chi connectivity index (χ2n) is 5.53. The SMILES string of the molecule is C=CCC[C@]1(SC)C(=C)[C@@H](C(=O)OC)[C@@H]1C(=O)N1CCOC1=O. The normalized spacial score (nSPS) is 29.7. The van der Waals surface area contributed by atoms with Crippen molar-refractivity contribution in [3.63, 3.8) is 0 Å². The molecule has 1 aliphatic carbocycles. The summed E-state index contributed by atoms with van der Waals surface area (Å²) >= 11 is 1.48. The zero-order chi connectivity index (χ0) is 17.2. The number of carbonyl (C=O) groups excluding carboxylic acids is 3.